The Kier molecular flexibility index (Phi) is 7.21. The molecule has 2 aromatic rings. The number of hydrogen-bond acceptors (Lipinski definition) is 8. The van der Waals surface area contributed by atoms with Gasteiger partial charge in [-0.3, -0.25) is 0 Å². The molecule has 2 N–H and O–H groups in total. The fourth-order valence-corrected chi connectivity index (χ4v) is 3.99. The normalized spacial score (nSPS) is 13.7. The van der Waals surface area contributed by atoms with Gasteiger partial charge in [-0.05, 0) is 37.5 Å². The number of benzene rings is 1. The van der Waals surface area contributed by atoms with Crippen molar-refractivity contribution in [3.8, 4) is 17.2 Å². The van der Waals surface area contributed by atoms with Crippen LogP contribution in [0.5, 0.6) is 17.2 Å². The predicted octanol–water partition coefficient (Wildman–Crippen LogP) is 4.82. The number of nitrogens with one attached hydrogen (secondary N) is 1. The second-order valence-electron chi connectivity index (χ2n) is 5.60. The van der Waals surface area contributed by atoms with Crippen LogP contribution in [0.4, 0.5) is 5.95 Å². The lowest BCUT2D eigenvalue weighted by atomic mass is 10.2. The molecule has 0 spiro atoms. The number of allylic oxidation sites excluding steroid dienone is 2. The lowest BCUT2D eigenvalue weighted by Crippen LogP contribution is -2.08. The summed E-state index contributed by atoms with van der Waals surface area (Å²) in [6.45, 7) is 5.49. The SMILES string of the molecule is CC/C=C(/CC)P(=O)(ONc1ncccn1)Oc1cc(C)c(O)c(OC)c1. The van der Waals surface area contributed by atoms with E-state index in [-0.39, 0.29) is 23.2 Å². The van der Waals surface area contributed by atoms with Crippen molar-refractivity contribution in [2.75, 3.05) is 12.6 Å². The van der Waals surface area contributed by atoms with Crippen molar-refractivity contribution in [2.24, 2.45) is 0 Å². The molecule has 1 heterocycles. The third kappa shape index (κ3) is 5.21. The molecule has 0 bridgehead atoms. The van der Waals surface area contributed by atoms with E-state index in [2.05, 4.69) is 15.4 Å². The highest BCUT2D eigenvalue weighted by atomic mass is 31.2. The number of methoxy groups -OCH3 is 1. The first-order valence-corrected chi connectivity index (χ1v) is 10.1. The molecule has 1 unspecified atom stereocenters. The molecule has 8 nitrogen and oxygen atoms in total. The molecule has 9 heteroatoms. The maximum Gasteiger partial charge on any atom is 0.427 e. The first-order chi connectivity index (χ1) is 12.9. The zero-order chi connectivity index (χ0) is 19.9. The van der Waals surface area contributed by atoms with Crippen molar-refractivity contribution in [1.82, 2.24) is 9.97 Å². The van der Waals surface area contributed by atoms with Crippen molar-refractivity contribution in [3.05, 3.63) is 47.5 Å². The summed E-state index contributed by atoms with van der Waals surface area (Å²) in [7, 11) is -2.34. The molecule has 27 heavy (non-hydrogen) atoms. The van der Waals surface area contributed by atoms with E-state index in [0.717, 1.165) is 0 Å². The van der Waals surface area contributed by atoms with Crippen molar-refractivity contribution in [3.63, 3.8) is 0 Å². The zero-order valence-electron chi connectivity index (χ0n) is 15.8. The Labute approximate surface area is 158 Å². The number of ether oxygens (including phenoxy) is 1. The summed E-state index contributed by atoms with van der Waals surface area (Å²) >= 11 is 0. The first-order valence-electron chi connectivity index (χ1n) is 8.52. The Morgan fingerprint density at radius 2 is 2.00 bits per heavy atom. The Morgan fingerprint density at radius 3 is 2.59 bits per heavy atom. The molecule has 0 saturated heterocycles. The number of aromatic hydroxyl groups is 1. The summed E-state index contributed by atoms with van der Waals surface area (Å²) in [5, 5.41) is 10.5. The molecule has 0 aliphatic heterocycles. The van der Waals surface area contributed by atoms with Gasteiger partial charge in [-0.15, -0.1) is 0 Å². The Bertz CT molecular complexity index is 842. The van der Waals surface area contributed by atoms with Gasteiger partial charge in [-0.25, -0.2) is 20.0 Å². The molecular weight excluding hydrogens is 369 g/mol. The zero-order valence-corrected chi connectivity index (χ0v) is 16.7. The lowest BCUT2D eigenvalue weighted by molar-refractivity contribution is 0.319. The highest BCUT2D eigenvalue weighted by Gasteiger charge is 2.32. The van der Waals surface area contributed by atoms with Crippen LogP contribution in [0.2, 0.25) is 0 Å². The molecule has 0 aliphatic rings. The van der Waals surface area contributed by atoms with E-state index < -0.39 is 7.60 Å². The van der Waals surface area contributed by atoms with Crippen LogP contribution < -0.4 is 14.7 Å². The number of aromatic nitrogens is 2. The van der Waals surface area contributed by atoms with Crippen LogP contribution in [0, 0.1) is 6.92 Å². The summed E-state index contributed by atoms with van der Waals surface area (Å²) < 4.78 is 29.9. The van der Waals surface area contributed by atoms with Gasteiger partial charge in [-0.1, -0.05) is 19.9 Å². The maximum atomic E-state index is 13.5. The number of hydrogen-bond donors (Lipinski definition) is 2. The lowest BCUT2D eigenvalue weighted by Gasteiger charge is -2.21. The minimum atomic E-state index is -3.77. The van der Waals surface area contributed by atoms with Gasteiger partial charge in [0.05, 0.1) is 12.4 Å². The molecule has 1 aromatic carbocycles. The van der Waals surface area contributed by atoms with E-state index in [9.17, 15) is 9.67 Å². The highest BCUT2D eigenvalue weighted by molar-refractivity contribution is 7.58. The molecule has 0 amide bonds. The summed E-state index contributed by atoms with van der Waals surface area (Å²) in [4.78, 5) is 7.95. The number of anilines is 1. The van der Waals surface area contributed by atoms with Crippen molar-refractivity contribution in [2.45, 2.75) is 33.6 Å². The molecule has 2 rings (SSSR count). The van der Waals surface area contributed by atoms with E-state index in [4.69, 9.17) is 13.9 Å². The quantitative estimate of drug-likeness (QED) is 0.462. The largest absolute Gasteiger partial charge is 0.504 e. The Hall–Kier alpha value is -2.57. The fourth-order valence-electron chi connectivity index (χ4n) is 2.34. The number of nitrogens with zero attached hydrogens (tertiary/aromatic N) is 2. The second kappa shape index (κ2) is 9.39. The van der Waals surface area contributed by atoms with Crippen molar-refractivity contribution < 1.29 is 23.6 Å². The molecule has 0 radical (unpaired) electrons. The monoisotopic (exact) mass is 393 g/mol. The van der Waals surface area contributed by atoms with Crippen LogP contribution in [-0.2, 0) is 9.19 Å². The summed E-state index contributed by atoms with van der Waals surface area (Å²) in [5.41, 5.74) is 3.02. The van der Waals surface area contributed by atoms with E-state index in [1.807, 2.05) is 13.8 Å². The number of phenolic OH excluding ortho intramolecular Hbond substituents is 1. The molecular formula is C18H24N3O5P. The summed E-state index contributed by atoms with van der Waals surface area (Å²) in [5.74, 6) is 0.620. The minimum Gasteiger partial charge on any atom is -0.504 e. The summed E-state index contributed by atoms with van der Waals surface area (Å²) in [6.07, 6.45) is 6.00. The topological polar surface area (TPSA) is 103 Å². The minimum absolute atomic E-state index is 0.00349. The van der Waals surface area contributed by atoms with Crippen LogP contribution in [0.1, 0.15) is 32.3 Å². The number of phenols is 1. The van der Waals surface area contributed by atoms with Crippen molar-refractivity contribution in [1.29, 1.82) is 0 Å². The van der Waals surface area contributed by atoms with E-state index in [1.165, 1.54) is 25.6 Å². The molecule has 146 valence electrons. The molecule has 1 aromatic heterocycles. The highest BCUT2D eigenvalue weighted by Crippen LogP contribution is 2.57. The standard InChI is InChI=1S/C18H24N3O5P/c1-5-8-15(6-2)27(23,26-21-18-19-9-7-10-20-18)25-14-11-13(3)17(22)16(12-14)24-4/h7-12,22H,5-6H2,1-4H3,(H,19,20,21)/b15-8-. The van der Waals surface area contributed by atoms with Crippen LogP contribution >= 0.6 is 7.60 Å². The molecule has 0 aliphatic carbocycles. The second-order valence-corrected chi connectivity index (χ2v) is 7.54. The smallest absolute Gasteiger partial charge is 0.427 e. The Balaban J connectivity index is 2.36. The first kappa shape index (κ1) is 20.7. The maximum absolute atomic E-state index is 13.5. The van der Waals surface area contributed by atoms with Gasteiger partial charge in [0.1, 0.15) is 5.75 Å². The van der Waals surface area contributed by atoms with Crippen LogP contribution in [-0.4, -0.2) is 22.2 Å². The third-order valence-corrected chi connectivity index (χ3v) is 5.65. The van der Waals surface area contributed by atoms with Gasteiger partial charge in [0, 0.05) is 18.5 Å². The van der Waals surface area contributed by atoms with Crippen LogP contribution in [0.15, 0.2) is 42.0 Å². The van der Waals surface area contributed by atoms with Gasteiger partial charge in [-0.2, -0.15) is 4.62 Å². The van der Waals surface area contributed by atoms with E-state index in [1.54, 1.807) is 25.1 Å². The molecule has 1 atom stereocenters. The van der Waals surface area contributed by atoms with Gasteiger partial charge in [0.25, 0.3) is 0 Å². The van der Waals surface area contributed by atoms with Gasteiger partial charge in [0.2, 0.25) is 5.95 Å². The van der Waals surface area contributed by atoms with E-state index >= 15 is 0 Å². The summed E-state index contributed by atoms with van der Waals surface area (Å²) in [6, 6.07) is 4.67. The average Bonchev–Trinajstić information content (AvgIpc) is 2.68. The molecule has 0 fully saturated rings. The van der Waals surface area contributed by atoms with Crippen LogP contribution in [0.25, 0.3) is 0 Å². The predicted molar refractivity (Wildman–Crippen MR) is 103 cm³/mol. The number of rotatable bonds is 9. The van der Waals surface area contributed by atoms with Gasteiger partial charge in [0.15, 0.2) is 11.5 Å². The van der Waals surface area contributed by atoms with Crippen molar-refractivity contribution >= 4 is 13.5 Å². The van der Waals surface area contributed by atoms with Gasteiger partial charge >= 0.3 is 7.60 Å². The molecule has 0 saturated carbocycles. The Morgan fingerprint density at radius 1 is 1.30 bits per heavy atom. The third-order valence-electron chi connectivity index (χ3n) is 3.66. The van der Waals surface area contributed by atoms with Gasteiger partial charge < -0.3 is 14.4 Å². The van der Waals surface area contributed by atoms with E-state index in [0.29, 0.717) is 23.7 Å². The van der Waals surface area contributed by atoms with Crippen LogP contribution in [0.3, 0.4) is 0 Å². The average molecular weight is 393 g/mol. The number of aryl methyl sites for hydroxylation is 1. The fraction of sp³-hybridized carbons (Fsp3) is 0.333.